The maximum Gasteiger partial charge on any atom is 0.126 e. The van der Waals surface area contributed by atoms with Gasteiger partial charge in [-0.05, 0) is 54.4 Å². The van der Waals surface area contributed by atoms with E-state index in [1.165, 1.54) is 13.8 Å². The maximum atomic E-state index is 9.44. The Kier molecular flexibility index (Phi) is 28.2. The minimum absolute atomic E-state index is 0.116. The SMILES string of the molecule is CC(C)(C)O.CC(C)=O.CCC(C)O.CCCCO. The lowest BCUT2D eigenvalue weighted by molar-refractivity contribution is -0.115. The molecule has 0 saturated heterocycles. The average molecular weight is 280 g/mol. The molecular formula is C15H36O4. The Morgan fingerprint density at radius 1 is 1.16 bits per heavy atom. The normalized spacial score (nSPS) is 10.7. The first-order chi connectivity index (χ1) is 8.42. The van der Waals surface area contributed by atoms with Gasteiger partial charge < -0.3 is 20.1 Å². The summed E-state index contributed by atoms with van der Waals surface area (Å²) in [5.41, 5.74) is -0.500. The Labute approximate surface area is 119 Å². The largest absolute Gasteiger partial charge is 0.396 e. The summed E-state index contributed by atoms with van der Waals surface area (Å²) in [4.78, 5) is 9.44. The molecule has 0 aromatic carbocycles. The van der Waals surface area contributed by atoms with E-state index in [1.807, 2.05) is 6.92 Å². The highest BCUT2D eigenvalue weighted by atomic mass is 16.3. The van der Waals surface area contributed by atoms with Gasteiger partial charge in [0.05, 0.1) is 11.7 Å². The summed E-state index contributed by atoms with van der Waals surface area (Å²) in [5.74, 6) is 0.167. The van der Waals surface area contributed by atoms with Crippen LogP contribution in [0.15, 0.2) is 0 Å². The minimum atomic E-state index is -0.500. The van der Waals surface area contributed by atoms with Gasteiger partial charge in [0.25, 0.3) is 0 Å². The van der Waals surface area contributed by atoms with Gasteiger partial charge in [-0.3, -0.25) is 0 Å². The molecule has 4 heteroatoms. The van der Waals surface area contributed by atoms with Crippen molar-refractivity contribution in [3.63, 3.8) is 0 Å². The fraction of sp³-hybridized carbons (Fsp3) is 0.933. The third-order valence-corrected chi connectivity index (χ3v) is 1.10. The fourth-order valence-electron chi connectivity index (χ4n) is 0.158. The van der Waals surface area contributed by atoms with Crippen molar-refractivity contribution in [1.82, 2.24) is 0 Å². The molecule has 4 nitrogen and oxygen atoms in total. The van der Waals surface area contributed by atoms with E-state index in [0.717, 1.165) is 19.3 Å². The Bertz CT molecular complexity index is 148. The van der Waals surface area contributed by atoms with Crippen LogP contribution in [0.25, 0.3) is 0 Å². The number of aliphatic hydroxyl groups excluding tert-OH is 2. The quantitative estimate of drug-likeness (QED) is 0.743. The Hall–Kier alpha value is -0.450. The number of hydrogen-bond donors (Lipinski definition) is 3. The van der Waals surface area contributed by atoms with Crippen LogP contribution in [-0.2, 0) is 4.79 Å². The Morgan fingerprint density at radius 3 is 1.37 bits per heavy atom. The first-order valence-electron chi connectivity index (χ1n) is 6.90. The number of carbonyl (C=O) groups excluding carboxylic acids is 1. The second-order valence-electron chi connectivity index (χ2n) is 5.41. The first kappa shape index (κ1) is 27.0. The molecule has 3 N–H and O–H groups in total. The number of Topliss-reactive ketones (excluding diaryl/α,β-unsaturated/α-hetero) is 1. The predicted molar refractivity (Wildman–Crippen MR) is 82.3 cm³/mol. The Balaban J connectivity index is -0.0000000793. The van der Waals surface area contributed by atoms with Crippen LogP contribution in [0.4, 0.5) is 0 Å². The van der Waals surface area contributed by atoms with E-state index >= 15 is 0 Å². The van der Waals surface area contributed by atoms with E-state index in [9.17, 15) is 4.79 Å². The van der Waals surface area contributed by atoms with Gasteiger partial charge >= 0.3 is 0 Å². The molecule has 0 heterocycles. The lowest BCUT2D eigenvalue weighted by atomic mass is 10.2. The van der Waals surface area contributed by atoms with Gasteiger partial charge in [0.2, 0.25) is 0 Å². The zero-order valence-corrected chi connectivity index (χ0v) is 14.2. The predicted octanol–water partition coefficient (Wildman–Crippen LogP) is 2.93. The van der Waals surface area contributed by atoms with Gasteiger partial charge in [-0.2, -0.15) is 0 Å². The number of rotatable bonds is 3. The molecule has 0 radical (unpaired) electrons. The van der Waals surface area contributed by atoms with Crippen LogP contribution < -0.4 is 0 Å². The summed E-state index contributed by atoms with van der Waals surface area (Å²) in [6.45, 7) is 14.4. The number of carbonyl (C=O) groups is 1. The molecule has 0 aliphatic heterocycles. The summed E-state index contributed by atoms with van der Waals surface area (Å²) in [5, 5.41) is 24.9. The lowest BCUT2D eigenvalue weighted by Crippen LogP contribution is -2.10. The number of ketones is 1. The average Bonchev–Trinajstić information content (AvgIpc) is 2.16. The lowest BCUT2D eigenvalue weighted by Gasteiger charge is -2.04. The molecule has 19 heavy (non-hydrogen) atoms. The van der Waals surface area contributed by atoms with Crippen molar-refractivity contribution in [2.75, 3.05) is 6.61 Å². The van der Waals surface area contributed by atoms with Crippen LogP contribution >= 0.6 is 0 Å². The van der Waals surface area contributed by atoms with Crippen LogP contribution in [0.5, 0.6) is 0 Å². The zero-order valence-electron chi connectivity index (χ0n) is 14.2. The van der Waals surface area contributed by atoms with Crippen LogP contribution in [-0.4, -0.2) is 39.4 Å². The summed E-state index contributed by atoms with van der Waals surface area (Å²) < 4.78 is 0. The molecule has 0 aromatic heterocycles. The second-order valence-corrected chi connectivity index (χ2v) is 5.41. The van der Waals surface area contributed by atoms with Crippen molar-refractivity contribution in [1.29, 1.82) is 0 Å². The number of aliphatic hydroxyl groups is 3. The highest BCUT2D eigenvalue weighted by Crippen LogP contribution is 1.93. The maximum absolute atomic E-state index is 9.44. The molecule has 0 fully saturated rings. The molecule has 0 rings (SSSR count). The van der Waals surface area contributed by atoms with Crippen molar-refractivity contribution in [3.05, 3.63) is 0 Å². The molecule has 0 bridgehead atoms. The number of hydrogen-bond acceptors (Lipinski definition) is 4. The molecule has 0 aliphatic rings. The van der Waals surface area contributed by atoms with E-state index < -0.39 is 5.60 Å². The monoisotopic (exact) mass is 280 g/mol. The molecule has 1 unspecified atom stereocenters. The molecular weight excluding hydrogens is 244 g/mol. The van der Waals surface area contributed by atoms with Crippen molar-refractivity contribution >= 4 is 5.78 Å². The van der Waals surface area contributed by atoms with E-state index in [-0.39, 0.29) is 11.9 Å². The van der Waals surface area contributed by atoms with Crippen LogP contribution in [0.3, 0.4) is 0 Å². The third-order valence-electron chi connectivity index (χ3n) is 1.10. The summed E-state index contributed by atoms with van der Waals surface area (Å²) in [6.07, 6.45) is 2.78. The standard InChI is InChI=1S/3C4H10O.C3H6O/c1-4(2,3)5;1-3-4(2)5;1-2-3-4-5;1-3(2)4/h5H,1-3H3;4-5H,3H2,1-2H3;5H,2-4H2,1H3;1-2H3. The van der Waals surface area contributed by atoms with E-state index in [2.05, 4.69) is 6.92 Å². The first-order valence-corrected chi connectivity index (χ1v) is 6.90. The van der Waals surface area contributed by atoms with Gasteiger partial charge in [-0.25, -0.2) is 0 Å². The van der Waals surface area contributed by atoms with Crippen LogP contribution in [0, 0.1) is 0 Å². The van der Waals surface area contributed by atoms with Crippen molar-refractivity contribution in [3.8, 4) is 0 Å². The summed E-state index contributed by atoms with van der Waals surface area (Å²) >= 11 is 0. The topological polar surface area (TPSA) is 77.8 Å². The molecule has 120 valence electrons. The number of unbranched alkanes of at least 4 members (excludes halogenated alkanes) is 1. The van der Waals surface area contributed by atoms with Crippen molar-refractivity contribution in [2.24, 2.45) is 0 Å². The summed E-state index contributed by atoms with van der Waals surface area (Å²) in [7, 11) is 0. The molecule has 0 saturated carbocycles. The van der Waals surface area contributed by atoms with Crippen LogP contribution in [0.2, 0.25) is 0 Å². The van der Waals surface area contributed by atoms with E-state index in [0.29, 0.717) is 6.61 Å². The van der Waals surface area contributed by atoms with Gasteiger partial charge in [-0.15, -0.1) is 0 Å². The molecule has 1 atom stereocenters. The molecule has 0 spiro atoms. The van der Waals surface area contributed by atoms with Crippen LogP contribution in [0.1, 0.15) is 74.7 Å². The van der Waals surface area contributed by atoms with Gasteiger partial charge in [0, 0.05) is 6.61 Å². The zero-order chi connectivity index (χ0) is 16.5. The van der Waals surface area contributed by atoms with Gasteiger partial charge in [0.1, 0.15) is 5.78 Å². The highest BCUT2D eigenvalue weighted by molar-refractivity contribution is 5.72. The molecule has 0 amide bonds. The van der Waals surface area contributed by atoms with E-state index in [1.54, 1.807) is 27.7 Å². The van der Waals surface area contributed by atoms with Gasteiger partial charge in [0.15, 0.2) is 0 Å². The highest BCUT2D eigenvalue weighted by Gasteiger charge is 1.97. The smallest absolute Gasteiger partial charge is 0.126 e. The second kappa shape index (κ2) is 19.9. The molecule has 0 aromatic rings. The Morgan fingerprint density at radius 2 is 1.37 bits per heavy atom. The van der Waals surface area contributed by atoms with E-state index in [4.69, 9.17) is 15.3 Å². The fourth-order valence-corrected chi connectivity index (χ4v) is 0.158. The van der Waals surface area contributed by atoms with Crippen molar-refractivity contribution in [2.45, 2.75) is 86.4 Å². The summed E-state index contributed by atoms with van der Waals surface area (Å²) in [6, 6.07) is 0. The molecule has 0 aliphatic carbocycles. The third kappa shape index (κ3) is 337. The minimum Gasteiger partial charge on any atom is -0.396 e. The van der Waals surface area contributed by atoms with Crippen molar-refractivity contribution < 1.29 is 20.1 Å². The van der Waals surface area contributed by atoms with Gasteiger partial charge in [-0.1, -0.05) is 20.3 Å².